The van der Waals surface area contributed by atoms with E-state index in [1.54, 1.807) is 36.4 Å². The molecule has 5 rings (SSSR count). The first kappa shape index (κ1) is 22.8. The predicted octanol–water partition coefficient (Wildman–Crippen LogP) is 6.12. The van der Waals surface area contributed by atoms with Crippen LogP contribution in [0.3, 0.4) is 0 Å². The molecule has 0 N–H and O–H groups in total. The molecular weight excluding hydrogens is 438 g/mol. The molecule has 0 bridgehead atoms. The molecule has 1 heterocycles. The van der Waals surface area contributed by atoms with Crippen LogP contribution in [0.15, 0.2) is 84.9 Å². The lowest BCUT2D eigenvalue weighted by Crippen LogP contribution is -2.31. The van der Waals surface area contributed by atoms with E-state index in [0.29, 0.717) is 35.4 Å². The molecule has 5 heteroatoms. The summed E-state index contributed by atoms with van der Waals surface area (Å²) in [7, 11) is 1.83. The number of hydrogen-bond acceptors (Lipinski definition) is 4. The van der Waals surface area contributed by atoms with Crippen molar-refractivity contribution in [1.82, 2.24) is 4.57 Å². The van der Waals surface area contributed by atoms with Gasteiger partial charge in [0.2, 0.25) is 5.88 Å². The Morgan fingerprint density at radius 3 is 2.17 bits per heavy atom. The molecule has 2 atom stereocenters. The third-order valence-corrected chi connectivity index (χ3v) is 6.95. The number of Topliss-reactive ketones (excluding diaryl/α,β-unsaturated/α-hetero) is 2. The molecule has 1 aromatic heterocycles. The number of nitrogens with zero attached hydrogens (tertiary/aromatic N) is 1. The van der Waals surface area contributed by atoms with Crippen LogP contribution in [0.4, 0.5) is 0 Å². The number of carbonyl (C=O) groups is 3. The Hall–Kier alpha value is -3.99. The second kappa shape index (κ2) is 9.71. The highest BCUT2D eigenvalue weighted by Gasteiger charge is 2.40. The Labute approximate surface area is 204 Å². The number of rotatable bonds is 6. The van der Waals surface area contributed by atoms with Gasteiger partial charge in [-0.2, -0.15) is 0 Å². The minimum Gasteiger partial charge on any atom is -0.405 e. The molecule has 0 aliphatic heterocycles. The van der Waals surface area contributed by atoms with Crippen molar-refractivity contribution in [3.05, 3.63) is 102 Å². The molecule has 0 spiro atoms. The number of hydrogen-bond donors (Lipinski definition) is 0. The summed E-state index contributed by atoms with van der Waals surface area (Å²) in [5, 5.41) is 0.818. The summed E-state index contributed by atoms with van der Waals surface area (Å²) in [5.41, 5.74) is 2.42. The normalized spacial score (nSPS) is 16.7. The molecule has 2 unspecified atom stereocenters. The third kappa shape index (κ3) is 4.30. The zero-order valence-corrected chi connectivity index (χ0v) is 19.6. The van der Waals surface area contributed by atoms with E-state index in [2.05, 4.69) is 0 Å². The molecule has 1 fully saturated rings. The number of carbonyl (C=O) groups excluding carboxylic acids is 3. The Bertz CT molecular complexity index is 1390. The van der Waals surface area contributed by atoms with Gasteiger partial charge in [-0.05, 0) is 31.0 Å². The van der Waals surface area contributed by atoms with Gasteiger partial charge in [-0.1, -0.05) is 73.2 Å². The zero-order valence-electron chi connectivity index (χ0n) is 19.6. The average molecular weight is 466 g/mol. The number of aryl methyl sites for hydroxylation is 1. The number of fused-ring (bicyclic) bond motifs is 1. The number of benzene rings is 3. The maximum absolute atomic E-state index is 14.0. The van der Waals surface area contributed by atoms with Crippen LogP contribution in [-0.4, -0.2) is 22.1 Å². The molecule has 35 heavy (non-hydrogen) atoms. The van der Waals surface area contributed by atoms with Gasteiger partial charge in [-0.25, -0.2) is 4.79 Å². The van der Waals surface area contributed by atoms with Crippen molar-refractivity contribution >= 4 is 28.4 Å². The van der Waals surface area contributed by atoms with E-state index in [9.17, 15) is 14.4 Å². The third-order valence-electron chi connectivity index (χ3n) is 6.95. The van der Waals surface area contributed by atoms with Crippen LogP contribution >= 0.6 is 0 Å². The number of aromatic nitrogens is 1. The summed E-state index contributed by atoms with van der Waals surface area (Å²) < 4.78 is 7.81. The molecule has 4 aromatic rings. The Kier molecular flexibility index (Phi) is 6.32. The van der Waals surface area contributed by atoms with Gasteiger partial charge in [0.05, 0.1) is 17.0 Å². The van der Waals surface area contributed by atoms with Crippen molar-refractivity contribution in [1.29, 1.82) is 0 Å². The largest absolute Gasteiger partial charge is 0.405 e. The number of esters is 1. The van der Waals surface area contributed by atoms with Crippen LogP contribution in [0.25, 0.3) is 10.9 Å². The van der Waals surface area contributed by atoms with Crippen molar-refractivity contribution in [2.45, 2.75) is 31.6 Å². The zero-order chi connectivity index (χ0) is 24.4. The summed E-state index contributed by atoms with van der Waals surface area (Å²) in [6.07, 6.45) is 2.83. The van der Waals surface area contributed by atoms with Gasteiger partial charge in [-0.15, -0.1) is 0 Å². The molecule has 3 aromatic carbocycles. The molecule has 176 valence electrons. The second-order valence-corrected chi connectivity index (χ2v) is 9.08. The van der Waals surface area contributed by atoms with E-state index in [1.165, 1.54) is 0 Å². The fraction of sp³-hybridized carbons (Fsp3) is 0.233. The van der Waals surface area contributed by atoms with E-state index in [-0.39, 0.29) is 11.6 Å². The first-order valence-electron chi connectivity index (χ1n) is 12.0. The number of para-hydroxylation sites is 1. The van der Waals surface area contributed by atoms with Crippen LogP contribution in [-0.2, 0) is 11.8 Å². The van der Waals surface area contributed by atoms with Gasteiger partial charge in [-0.3, -0.25) is 9.59 Å². The van der Waals surface area contributed by atoms with Crippen molar-refractivity contribution in [3.8, 4) is 5.88 Å². The molecule has 1 aliphatic rings. The predicted molar refractivity (Wildman–Crippen MR) is 135 cm³/mol. The molecular formula is C30H27NO4. The van der Waals surface area contributed by atoms with E-state index in [4.69, 9.17) is 4.74 Å². The minimum atomic E-state index is -0.741. The highest BCUT2D eigenvalue weighted by atomic mass is 16.5. The summed E-state index contributed by atoms with van der Waals surface area (Å²) in [6.45, 7) is 0. The standard InChI is InChI=1S/C30H27NO4/c1-31-24-18-10-8-16-22(24)27(29(31)35-30(34)21-14-6-3-7-15-21)26(23-17-9-11-19-25(23)32)28(33)20-12-4-2-5-13-20/h2-8,10,12-16,18,23,26H,9,11,17,19H2,1H3. The SMILES string of the molecule is Cn1c(OC(=O)c2ccccc2)c(C(C(=O)c2ccccc2)C2CCCCC2=O)c2ccccc21. The molecule has 0 saturated heterocycles. The van der Waals surface area contributed by atoms with Gasteiger partial charge in [0.25, 0.3) is 0 Å². The minimum absolute atomic E-state index is 0.0961. The van der Waals surface area contributed by atoms with Crippen molar-refractivity contribution in [2.75, 3.05) is 0 Å². The Morgan fingerprint density at radius 2 is 1.49 bits per heavy atom. The summed E-state index contributed by atoms with van der Waals surface area (Å²) in [4.78, 5) is 40.3. The van der Waals surface area contributed by atoms with E-state index in [0.717, 1.165) is 23.7 Å². The Balaban J connectivity index is 1.70. The number of ketones is 2. The quantitative estimate of drug-likeness (QED) is 0.254. The molecule has 0 radical (unpaired) electrons. The van der Waals surface area contributed by atoms with Crippen molar-refractivity contribution in [2.24, 2.45) is 13.0 Å². The second-order valence-electron chi connectivity index (χ2n) is 9.08. The lowest BCUT2D eigenvalue weighted by atomic mass is 9.72. The van der Waals surface area contributed by atoms with Gasteiger partial charge in [0.15, 0.2) is 5.78 Å². The smallest absolute Gasteiger partial charge is 0.344 e. The fourth-order valence-electron chi connectivity index (χ4n) is 5.20. The highest BCUT2D eigenvalue weighted by Crippen LogP contribution is 2.45. The van der Waals surface area contributed by atoms with Crippen molar-refractivity contribution in [3.63, 3.8) is 0 Å². The first-order valence-corrected chi connectivity index (χ1v) is 12.0. The van der Waals surface area contributed by atoms with E-state index >= 15 is 0 Å². The van der Waals surface area contributed by atoms with Gasteiger partial charge in [0.1, 0.15) is 5.78 Å². The van der Waals surface area contributed by atoms with Crippen LogP contribution in [0, 0.1) is 5.92 Å². The highest BCUT2D eigenvalue weighted by molar-refractivity contribution is 6.07. The molecule has 5 nitrogen and oxygen atoms in total. The monoisotopic (exact) mass is 465 g/mol. The molecule has 1 aliphatic carbocycles. The van der Waals surface area contributed by atoms with Gasteiger partial charge >= 0.3 is 5.97 Å². The summed E-state index contributed by atoms with van der Waals surface area (Å²) in [5.74, 6) is -1.42. The van der Waals surface area contributed by atoms with E-state index < -0.39 is 17.8 Å². The average Bonchev–Trinajstić information content (AvgIpc) is 3.17. The molecule has 1 saturated carbocycles. The van der Waals surface area contributed by atoms with Gasteiger partial charge in [0, 0.05) is 35.9 Å². The first-order chi connectivity index (χ1) is 17.1. The topological polar surface area (TPSA) is 65.4 Å². The van der Waals surface area contributed by atoms with Gasteiger partial charge < -0.3 is 9.30 Å². The Morgan fingerprint density at radius 1 is 0.857 bits per heavy atom. The maximum atomic E-state index is 14.0. The summed E-state index contributed by atoms with van der Waals surface area (Å²) >= 11 is 0. The van der Waals surface area contributed by atoms with Crippen LogP contribution < -0.4 is 4.74 Å². The maximum Gasteiger partial charge on any atom is 0.344 e. The van der Waals surface area contributed by atoms with Crippen molar-refractivity contribution < 1.29 is 19.1 Å². The lowest BCUT2D eigenvalue weighted by Gasteiger charge is -2.29. The fourth-order valence-corrected chi connectivity index (χ4v) is 5.20. The number of ether oxygens (including phenoxy) is 1. The van der Waals surface area contributed by atoms with E-state index in [1.807, 2.05) is 60.1 Å². The summed E-state index contributed by atoms with van der Waals surface area (Å²) in [6, 6.07) is 25.5. The lowest BCUT2D eigenvalue weighted by molar-refractivity contribution is -0.125. The van der Waals surface area contributed by atoms with Crippen LogP contribution in [0.2, 0.25) is 0 Å². The van der Waals surface area contributed by atoms with Crippen LogP contribution in [0.1, 0.15) is 57.9 Å². The molecule has 0 amide bonds. The van der Waals surface area contributed by atoms with Crippen LogP contribution in [0.5, 0.6) is 5.88 Å².